The second-order valence-electron chi connectivity index (χ2n) is 10.4. The molecule has 0 spiro atoms. The molecule has 2 N–H and O–H groups in total. The molecule has 190 valence electrons. The molecule has 36 heavy (non-hydrogen) atoms. The molecule has 1 aromatic heterocycles. The zero-order chi connectivity index (χ0) is 25.2. The second-order valence-corrected chi connectivity index (χ2v) is 10.4. The molecule has 4 atom stereocenters. The molecule has 2 aromatic carbocycles. The quantitative estimate of drug-likeness (QED) is 0.462. The van der Waals surface area contributed by atoms with Gasteiger partial charge in [0.1, 0.15) is 18.2 Å². The fourth-order valence-electron chi connectivity index (χ4n) is 5.46. The predicted octanol–water partition coefficient (Wildman–Crippen LogP) is 5.41. The van der Waals surface area contributed by atoms with Crippen LogP contribution >= 0.6 is 0 Å². The molecule has 1 heterocycles. The van der Waals surface area contributed by atoms with Gasteiger partial charge in [0, 0.05) is 28.8 Å². The third-order valence-corrected chi connectivity index (χ3v) is 7.52. The van der Waals surface area contributed by atoms with Crippen molar-refractivity contribution in [3.8, 4) is 22.8 Å². The maximum absolute atomic E-state index is 14.6. The van der Waals surface area contributed by atoms with Gasteiger partial charge in [-0.1, -0.05) is 25.5 Å². The fraction of sp³-hybridized carbons (Fsp3) is 0.433. The zero-order valence-corrected chi connectivity index (χ0v) is 20.9. The number of hydrogen-bond donors (Lipinski definition) is 2. The van der Waals surface area contributed by atoms with Crippen LogP contribution in [0.1, 0.15) is 48.6 Å². The van der Waals surface area contributed by atoms with Crippen LogP contribution in [0.5, 0.6) is 11.6 Å². The van der Waals surface area contributed by atoms with E-state index in [1.165, 1.54) is 17.2 Å². The highest BCUT2D eigenvalue weighted by molar-refractivity contribution is 5.67. The van der Waals surface area contributed by atoms with E-state index in [0.717, 1.165) is 48.3 Å². The monoisotopic (exact) mass is 491 g/mol. The Morgan fingerprint density at radius 1 is 0.972 bits per heavy atom. The normalized spacial score (nSPS) is 23.4. The molecule has 1 fully saturated rings. The summed E-state index contributed by atoms with van der Waals surface area (Å²) in [7, 11) is 0. The van der Waals surface area contributed by atoms with Gasteiger partial charge in [0.15, 0.2) is 0 Å². The molecule has 5 rings (SSSR count). The van der Waals surface area contributed by atoms with Crippen molar-refractivity contribution in [3.05, 3.63) is 76.7 Å². The number of benzene rings is 2. The van der Waals surface area contributed by atoms with Gasteiger partial charge in [-0.25, -0.2) is 9.37 Å². The van der Waals surface area contributed by atoms with E-state index in [4.69, 9.17) is 9.47 Å². The van der Waals surface area contributed by atoms with Crippen LogP contribution in [0.25, 0.3) is 11.1 Å². The maximum Gasteiger partial charge on any atom is 0.213 e. The molecule has 5 nitrogen and oxygen atoms in total. The Morgan fingerprint density at radius 2 is 1.81 bits per heavy atom. The van der Waals surface area contributed by atoms with E-state index in [9.17, 15) is 14.6 Å². The first-order valence-corrected chi connectivity index (χ1v) is 12.9. The summed E-state index contributed by atoms with van der Waals surface area (Å²) < 4.78 is 26.4. The number of hydrogen-bond acceptors (Lipinski definition) is 5. The summed E-state index contributed by atoms with van der Waals surface area (Å²) in [5.74, 6) is 1.49. The van der Waals surface area contributed by atoms with Gasteiger partial charge in [0.25, 0.3) is 0 Å². The lowest BCUT2D eigenvalue weighted by molar-refractivity contribution is -0.0560. The van der Waals surface area contributed by atoms with Crippen molar-refractivity contribution in [2.45, 2.75) is 64.8 Å². The molecule has 0 radical (unpaired) electrons. The minimum Gasteiger partial charge on any atom is -0.489 e. The number of aliphatic hydroxyl groups excluding tert-OH is 2. The molecule has 4 unspecified atom stereocenters. The van der Waals surface area contributed by atoms with Crippen LogP contribution in [0.3, 0.4) is 0 Å². The fourth-order valence-corrected chi connectivity index (χ4v) is 5.46. The first-order chi connectivity index (χ1) is 17.4. The molecule has 1 saturated carbocycles. The van der Waals surface area contributed by atoms with Crippen LogP contribution < -0.4 is 9.47 Å². The summed E-state index contributed by atoms with van der Waals surface area (Å²) in [4.78, 5) is 4.57. The number of fused-ring (bicyclic) bond motifs is 1. The number of pyridine rings is 1. The smallest absolute Gasteiger partial charge is 0.213 e. The first-order valence-electron chi connectivity index (χ1n) is 12.9. The number of halogens is 1. The van der Waals surface area contributed by atoms with Crippen molar-refractivity contribution in [3.63, 3.8) is 0 Å². The summed E-state index contributed by atoms with van der Waals surface area (Å²) in [5, 5.41) is 20.1. The molecule has 0 aliphatic heterocycles. The Kier molecular flexibility index (Phi) is 7.26. The average Bonchev–Trinajstić information content (AvgIpc) is 3.24. The van der Waals surface area contributed by atoms with Gasteiger partial charge in [0.05, 0.1) is 18.8 Å². The van der Waals surface area contributed by atoms with E-state index >= 15 is 0 Å². The number of rotatable bonds is 7. The molecule has 6 heteroatoms. The van der Waals surface area contributed by atoms with Crippen LogP contribution in [0.2, 0.25) is 0 Å². The lowest BCUT2D eigenvalue weighted by atomic mass is 9.85. The minimum atomic E-state index is -0.764. The topological polar surface area (TPSA) is 71.8 Å². The number of ether oxygens (including phenoxy) is 2. The third-order valence-electron chi connectivity index (χ3n) is 7.52. The zero-order valence-electron chi connectivity index (χ0n) is 20.9. The molecule has 0 amide bonds. The van der Waals surface area contributed by atoms with Crippen molar-refractivity contribution in [2.24, 2.45) is 11.8 Å². The third kappa shape index (κ3) is 5.40. The average molecular weight is 492 g/mol. The van der Waals surface area contributed by atoms with E-state index in [-0.39, 0.29) is 18.3 Å². The van der Waals surface area contributed by atoms with Crippen molar-refractivity contribution in [1.29, 1.82) is 0 Å². The Hall–Kier alpha value is -2.96. The van der Waals surface area contributed by atoms with Gasteiger partial charge in [-0.05, 0) is 85.5 Å². The van der Waals surface area contributed by atoms with Gasteiger partial charge in [-0.15, -0.1) is 0 Å². The molecular weight excluding hydrogens is 457 g/mol. The van der Waals surface area contributed by atoms with Gasteiger partial charge in [0.2, 0.25) is 5.88 Å². The molecule has 0 saturated heterocycles. The second kappa shape index (κ2) is 10.6. The SMILES string of the molecule is Cc1nc(OCC2CCCC(O)C2O)ccc1-c1ccc(F)c(COc2ccc3c(c2)CC(C)C3)c1. The van der Waals surface area contributed by atoms with E-state index in [2.05, 4.69) is 24.0 Å². The van der Waals surface area contributed by atoms with Crippen LogP contribution in [-0.4, -0.2) is 34.0 Å². The van der Waals surface area contributed by atoms with Crippen LogP contribution in [0.4, 0.5) is 4.39 Å². The van der Waals surface area contributed by atoms with Crippen LogP contribution in [0, 0.1) is 24.6 Å². The summed E-state index contributed by atoms with van der Waals surface area (Å²) >= 11 is 0. The Balaban J connectivity index is 1.25. The van der Waals surface area contributed by atoms with E-state index < -0.39 is 12.2 Å². The highest BCUT2D eigenvalue weighted by Crippen LogP contribution is 2.31. The van der Waals surface area contributed by atoms with E-state index in [1.54, 1.807) is 12.1 Å². The van der Waals surface area contributed by atoms with Crippen LogP contribution in [-0.2, 0) is 19.4 Å². The molecule has 3 aromatic rings. The molecule has 2 aliphatic carbocycles. The Labute approximate surface area is 211 Å². The van der Waals surface area contributed by atoms with E-state index in [0.29, 0.717) is 30.4 Å². The predicted molar refractivity (Wildman–Crippen MR) is 137 cm³/mol. The Morgan fingerprint density at radius 3 is 2.64 bits per heavy atom. The van der Waals surface area contributed by atoms with E-state index in [1.807, 2.05) is 25.1 Å². The van der Waals surface area contributed by atoms with Gasteiger partial charge < -0.3 is 19.7 Å². The number of aliphatic hydroxyl groups is 2. The summed E-state index contributed by atoms with van der Waals surface area (Å²) in [6, 6.07) is 14.9. The highest BCUT2D eigenvalue weighted by atomic mass is 19.1. The van der Waals surface area contributed by atoms with Crippen molar-refractivity contribution >= 4 is 0 Å². The van der Waals surface area contributed by atoms with Crippen molar-refractivity contribution in [1.82, 2.24) is 4.98 Å². The van der Waals surface area contributed by atoms with Gasteiger partial charge >= 0.3 is 0 Å². The number of aromatic nitrogens is 1. The largest absolute Gasteiger partial charge is 0.489 e. The number of nitrogens with zero attached hydrogens (tertiary/aromatic N) is 1. The summed E-state index contributed by atoms with van der Waals surface area (Å²) in [5.41, 5.74) is 5.72. The van der Waals surface area contributed by atoms with Crippen molar-refractivity contribution in [2.75, 3.05) is 6.61 Å². The van der Waals surface area contributed by atoms with Gasteiger partial charge in [-0.2, -0.15) is 0 Å². The summed E-state index contributed by atoms with van der Waals surface area (Å²) in [6.45, 7) is 4.61. The van der Waals surface area contributed by atoms with Crippen LogP contribution in [0.15, 0.2) is 48.5 Å². The van der Waals surface area contributed by atoms with Crippen molar-refractivity contribution < 1.29 is 24.1 Å². The minimum absolute atomic E-state index is 0.107. The maximum atomic E-state index is 14.6. The molecular formula is C30H34FNO4. The highest BCUT2D eigenvalue weighted by Gasteiger charge is 2.31. The lowest BCUT2D eigenvalue weighted by Gasteiger charge is -2.31. The standard InChI is InChI=1S/C30H34FNO4/c1-18-12-20-6-8-25(15-23(20)13-18)35-17-24-14-21(7-10-27(24)31)26-9-11-29(32-19(26)2)36-16-22-4-3-5-28(33)30(22)34/h6-11,14-15,18,22,28,30,33-34H,3-5,12-13,16-17H2,1-2H3. The van der Waals surface area contributed by atoms with Gasteiger partial charge in [-0.3, -0.25) is 0 Å². The summed E-state index contributed by atoms with van der Waals surface area (Å²) in [6.07, 6.45) is 3.04. The molecule has 0 bridgehead atoms. The first kappa shape index (κ1) is 24.7. The number of aryl methyl sites for hydroxylation is 1. The Bertz CT molecular complexity index is 1230. The lowest BCUT2D eigenvalue weighted by Crippen LogP contribution is -2.40. The molecule has 2 aliphatic rings.